The number of fused-ring (bicyclic) bond motifs is 1. The summed E-state index contributed by atoms with van der Waals surface area (Å²) in [6.07, 6.45) is 0. The van der Waals surface area contributed by atoms with Crippen LogP contribution in [0.15, 0.2) is 16.6 Å². The molecule has 90 valence electrons. The molecule has 0 saturated heterocycles. The van der Waals surface area contributed by atoms with Gasteiger partial charge in [0.2, 0.25) is 5.28 Å². The van der Waals surface area contributed by atoms with E-state index in [1.54, 1.807) is 6.07 Å². The molecule has 1 aromatic carbocycles. The van der Waals surface area contributed by atoms with E-state index in [0.717, 1.165) is 11.9 Å². The Morgan fingerprint density at radius 3 is 2.76 bits per heavy atom. The van der Waals surface area contributed by atoms with E-state index < -0.39 is 0 Å². The number of rotatable bonds is 2. The van der Waals surface area contributed by atoms with E-state index in [1.165, 1.54) is 6.07 Å². The minimum atomic E-state index is -0.364. The Balaban J connectivity index is 2.78. The maximum absolute atomic E-state index is 13.4. The predicted octanol–water partition coefficient (Wildman–Crippen LogP) is 3.64. The Labute approximate surface area is 112 Å². The lowest BCUT2D eigenvalue weighted by Gasteiger charge is -2.17. The monoisotopic (exact) mass is 317 g/mol. The summed E-state index contributed by atoms with van der Waals surface area (Å²) >= 11 is 8.99. The molecular formula is C11H10BrClFN3. The van der Waals surface area contributed by atoms with Gasteiger partial charge in [0.25, 0.3) is 0 Å². The van der Waals surface area contributed by atoms with Gasteiger partial charge in [0.1, 0.15) is 11.6 Å². The third-order valence-corrected chi connectivity index (χ3v) is 3.30. The molecule has 17 heavy (non-hydrogen) atoms. The van der Waals surface area contributed by atoms with Crippen molar-refractivity contribution in [2.45, 2.75) is 6.92 Å². The van der Waals surface area contributed by atoms with Crippen LogP contribution in [0.25, 0.3) is 10.9 Å². The second-order valence-electron chi connectivity index (χ2n) is 3.61. The second kappa shape index (κ2) is 4.74. The van der Waals surface area contributed by atoms with Crippen LogP contribution in [0.4, 0.5) is 10.2 Å². The van der Waals surface area contributed by atoms with Crippen molar-refractivity contribution >= 4 is 44.3 Å². The van der Waals surface area contributed by atoms with Crippen LogP contribution >= 0.6 is 27.5 Å². The first-order chi connectivity index (χ1) is 8.02. The fraction of sp³-hybridized carbons (Fsp3) is 0.273. The van der Waals surface area contributed by atoms with E-state index >= 15 is 0 Å². The first-order valence-electron chi connectivity index (χ1n) is 5.06. The van der Waals surface area contributed by atoms with Crippen molar-refractivity contribution in [1.82, 2.24) is 9.97 Å². The molecule has 0 radical (unpaired) electrons. The molecule has 0 saturated carbocycles. The first-order valence-corrected chi connectivity index (χ1v) is 6.23. The lowest BCUT2D eigenvalue weighted by Crippen LogP contribution is -2.18. The molecule has 0 aliphatic heterocycles. The molecule has 3 nitrogen and oxygen atoms in total. The highest BCUT2D eigenvalue weighted by atomic mass is 79.9. The fourth-order valence-electron chi connectivity index (χ4n) is 1.52. The normalized spacial score (nSPS) is 10.9. The van der Waals surface area contributed by atoms with E-state index in [9.17, 15) is 4.39 Å². The highest BCUT2D eigenvalue weighted by molar-refractivity contribution is 9.10. The highest BCUT2D eigenvalue weighted by Gasteiger charge is 2.12. The zero-order valence-corrected chi connectivity index (χ0v) is 11.7. The lowest BCUT2D eigenvalue weighted by atomic mass is 10.2. The van der Waals surface area contributed by atoms with Crippen LogP contribution < -0.4 is 4.90 Å². The molecule has 0 aliphatic rings. The van der Waals surface area contributed by atoms with Crippen LogP contribution in [0.1, 0.15) is 6.92 Å². The third-order valence-electron chi connectivity index (χ3n) is 2.53. The summed E-state index contributed by atoms with van der Waals surface area (Å²) in [5.41, 5.74) is 0.501. The minimum absolute atomic E-state index is 0.120. The molecule has 0 unspecified atom stereocenters. The summed E-state index contributed by atoms with van der Waals surface area (Å²) in [5, 5.41) is 0.890. The predicted molar refractivity (Wildman–Crippen MR) is 71.2 cm³/mol. The summed E-state index contributed by atoms with van der Waals surface area (Å²) in [4.78, 5) is 10.1. The molecule has 0 spiro atoms. The van der Waals surface area contributed by atoms with E-state index in [-0.39, 0.29) is 11.1 Å². The maximum Gasteiger partial charge on any atom is 0.224 e. The Morgan fingerprint density at radius 1 is 1.41 bits per heavy atom. The molecular weight excluding hydrogens is 308 g/mol. The topological polar surface area (TPSA) is 29.0 Å². The Bertz CT molecular complexity index is 576. The standard InChI is InChI=1S/C11H10BrClFN3/c1-3-17(2)10-6-4-7(12)8(14)5-9(6)15-11(13)16-10/h4-5H,3H2,1-2H3. The van der Waals surface area contributed by atoms with Crippen LogP contribution in [0.2, 0.25) is 5.28 Å². The number of anilines is 1. The van der Waals surface area contributed by atoms with E-state index in [4.69, 9.17) is 11.6 Å². The average molecular weight is 319 g/mol. The van der Waals surface area contributed by atoms with Crippen molar-refractivity contribution in [3.63, 3.8) is 0 Å². The van der Waals surface area contributed by atoms with Gasteiger partial charge in [-0.05, 0) is 40.5 Å². The van der Waals surface area contributed by atoms with Crippen molar-refractivity contribution in [3.8, 4) is 0 Å². The molecule has 6 heteroatoms. The van der Waals surface area contributed by atoms with Crippen molar-refractivity contribution in [2.24, 2.45) is 0 Å². The zero-order chi connectivity index (χ0) is 12.6. The van der Waals surface area contributed by atoms with Gasteiger partial charge < -0.3 is 4.90 Å². The number of aromatic nitrogens is 2. The van der Waals surface area contributed by atoms with E-state index in [2.05, 4.69) is 25.9 Å². The molecule has 0 fully saturated rings. The Kier molecular flexibility index (Phi) is 3.49. The van der Waals surface area contributed by atoms with Crippen LogP contribution in [-0.4, -0.2) is 23.6 Å². The number of benzene rings is 1. The molecule has 0 aliphatic carbocycles. The molecule has 0 atom stereocenters. The van der Waals surface area contributed by atoms with Gasteiger partial charge in [-0.15, -0.1) is 0 Å². The van der Waals surface area contributed by atoms with Gasteiger partial charge in [-0.1, -0.05) is 0 Å². The summed E-state index contributed by atoms with van der Waals surface area (Å²) < 4.78 is 13.8. The molecule has 0 amide bonds. The summed E-state index contributed by atoms with van der Waals surface area (Å²) in [5.74, 6) is 0.334. The summed E-state index contributed by atoms with van der Waals surface area (Å²) in [6.45, 7) is 2.78. The minimum Gasteiger partial charge on any atom is -0.359 e. The molecule has 1 aromatic heterocycles. The maximum atomic E-state index is 13.4. The third kappa shape index (κ3) is 2.35. The number of hydrogen-bond acceptors (Lipinski definition) is 3. The second-order valence-corrected chi connectivity index (χ2v) is 4.81. The van der Waals surface area contributed by atoms with Gasteiger partial charge in [0, 0.05) is 25.0 Å². The van der Waals surface area contributed by atoms with Crippen LogP contribution in [0, 0.1) is 5.82 Å². The SMILES string of the molecule is CCN(C)c1nc(Cl)nc2cc(F)c(Br)cc12. The fourth-order valence-corrected chi connectivity index (χ4v) is 2.04. The van der Waals surface area contributed by atoms with Crippen LogP contribution in [0.5, 0.6) is 0 Å². The van der Waals surface area contributed by atoms with Gasteiger partial charge in [0.15, 0.2) is 0 Å². The average Bonchev–Trinajstić information content (AvgIpc) is 2.29. The first kappa shape index (κ1) is 12.5. The van der Waals surface area contributed by atoms with Crippen LogP contribution in [0.3, 0.4) is 0 Å². The smallest absolute Gasteiger partial charge is 0.224 e. The quantitative estimate of drug-likeness (QED) is 0.792. The molecule has 2 rings (SSSR count). The highest BCUT2D eigenvalue weighted by Crippen LogP contribution is 2.29. The lowest BCUT2D eigenvalue weighted by molar-refractivity contribution is 0.622. The summed E-state index contributed by atoms with van der Waals surface area (Å²) in [6, 6.07) is 3.02. The van der Waals surface area contributed by atoms with Gasteiger partial charge in [0.05, 0.1) is 9.99 Å². The van der Waals surface area contributed by atoms with Crippen molar-refractivity contribution in [3.05, 3.63) is 27.7 Å². The number of halogens is 3. The zero-order valence-electron chi connectivity index (χ0n) is 9.34. The van der Waals surface area contributed by atoms with Gasteiger partial charge in [-0.25, -0.2) is 9.37 Å². The van der Waals surface area contributed by atoms with Crippen molar-refractivity contribution < 1.29 is 4.39 Å². The van der Waals surface area contributed by atoms with E-state index in [0.29, 0.717) is 15.8 Å². The summed E-state index contributed by atoms with van der Waals surface area (Å²) in [7, 11) is 1.90. The Morgan fingerprint density at radius 2 is 2.12 bits per heavy atom. The Hall–Kier alpha value is -0.940. The van der Waals surface area contributed by atoms with Crippen molar-refractivity contribution in [1.29, 1.82) is 0 Å². The van der Waals surface area contributed by atoms with Crippen molar-refractivity contribution in [2.75, 3.05) is 18.5 Å². The van der Waals surface area contributed by atoms with E-state index in [1.807, 2.05) is 18.9 Å². The van der Waals surface area contributed by atoms with Crippen LogP contribution in [-0.2, 0) is 0 Å². The number of hydrogen-bond donors (Lipinski definition) is 0. The van der Waals surface area contributed by atoms with Gasteiger partial charge in [-0.2, -0.15) is 4.98 Å². The number of nitrogens with zero attached hydrogens (tertiary/aromatic N) is 3. The van der Waals surface area contributed by atoms with Gasteiger partial charge >= 0.3 is 0 Å². The molecule has 2 aromatic rings. The van der Waals surface area contributed by atoms with Gasteiger partial charge in [-0.3, -0.25) is 0 Å². The molecule has 0 N–H and O–H groups in total. The largest absolute Gasteiger partial charge is 0.359 e. The molecule has 0 bridgehead atoms. The molecule has 1 heterocycles.